The lowest BCUT2D eigenvalue weighted by Gasteiger charge is -2.22. The highest BCUT2D eigenvalue weighted by Crippen LogP contribution is 2.35. The van der Waals surface area contributed by atoms with E-state index in [1.165, 1.54) is 24.0 Å². The van der Waals surface area contributed by atoms with Crippen molar-refractivity contribution in [3.8, 4) is 11.1 Å². The third kappa shape index (κ3) is 4.36. The van der Waals surface area contributed by atoms with Gasteiger partial charge in [0.25, 0.3) is 0 Å². The Bertz CT molecular complexity index is 991. The number of oxazole rings is 1. The van der Waals surface area contributed by atoms with Crippen LogP contribution in [0, 0.1) is 6.92 Å². The van der Waals surface area contributed by atoms with Crippen molar-refractivity contribution in [2.24, 2.45) is 0 Å². The summed E-state index contributed by atoms with van der Waals surface area (Å²) in [5.74, 6) is 0.923. The molecular formula is C25H30N2O2. The highest BCUT2D eigenvalue weighted by molar-refractivity contribution is 5.81. The van der Waals surface area contributed by atoms with Gasteiger partial charge < -0.3 is 9.32 Å². The minimum atomic E-state index is -0.0245. The van der Waals surface area contributed by atoms with E-state index in [2.05, 4.69) is 50.2 Å². The molecule has 1 saturated heterocycles. The van der Waals surface area contributed by atoms with E-state index in [1.54, 1.807) is 0 Å². The summed E-state index contributed by atoms with van der Waals surface area (Å²) in [7, 11) is 0. The Kier molecular flexibility index (Phi) is 5.98. The topological polar surface area (TPSA) is 46.3 Å². The van der Waals surface area contributed by atoms with E-state index in [0.717, 1.165) is 48.9 Å². The highest BCUT2D eigenvalue weighted by atomic mass is 16.3. The second-order valence-corrected chi connectivity index (χ2v) is 8.16. The van der Waals surface area contributed by atoms with Crippen molar-refractivity contribution in [1.29, 1.82) is 0 Å². The monoisotopic (exact) mass is 390 g/mol. The number of benzene rings is 2. The number of aryl methyl sites for hydroxylation is 1. The second-order valence-electron chi connectivity index (χ2n) is 8.16. The number of unbranched alkanes of at least 4 members (excludes halogenated alkanes) is 3. The molecule has 2 aromatic carbocycles. The van der Waals surface area contributed by atoms with Crippen molar-refractivity contribution in [1.82, 2.24) is 9.88 Å². The van der Waals surface area contributed by atoms with E-state index < -0.39 is 0 Å². The molecule has 2 heterocycles. The number of carbonyl (C=O) groups is 1. The Labute approximate surface area is 172 Å². The molecule has 4 rings (SSSR count). The first kappa shape index (κ1) is 19.7. The van der Waals surface area contributed by atoms with Gasteiger partial charge in [0, 0.05) is 13.0 Å². The highest BCUT2D eigenvalue weighted by Gasteiger charge is 2.33. The predicted octanol–water partition coefficient (Wildman–Crippen LogP) is 6.44. The molecule has 0 bridgehead atoms. The van der Waals surface area contributed by atoms with Crippen LogP contribution in [0.1, 0.15) is 69.4 Å². The van der Waals surface area contributed by atoms with Gasteiger partial charge in [0.15, 0.2) is 5.58 Å². The molecule has 0 saturated carbocycles. The number of hydrogen-bond acceptors (Lipinski definition) is 3. The molecule has 1 amide bonds. The number of carbonyl (C=O) groups excluding carboxylic acids is 1. The van der Waals surface area contributed by atoms with Gasteiger partial charge in [-0.2, -0.15) is 0 Å². The predicted molar refractivity (Wildman–Crippen MR) is 117 cm³/mol. The zero-order valence-corrected chi connectivity index (χ0v) is 17.5. The molecule has 1 aliphatic rings. The van der Waals surface area contributed by atoms with Crippen LogP contribution in [0.2, 0.25) is 0 Å². The zero-order chi connectivity index (χ0) is 20.2. The van der Waals surface area contributed by atoms with Crippen molar-refractivity contribution in [3.63, 3.8) is 0 Å². The standard InChI is InChI=1S/C25H30N2O2/c1-3-4-5-6-12-24(28)27-15-8-11-22(27)25-26-21-17-20(13-14-23(21)29-25)19-10-7-9-18(2)16-19/h7,9-10,13-14,16-17,22H,3-6,8,11-12,15H2,1-2H3. The first-order valence-corrected chi connectivity index (χ1v) is 10.9. The van der Waals surface area contributed by atoms with Crippen LogP contribution in [0.15, 0.2) is 46.9 Å². The summed E-state index contributed by atoms with van der Waals surface area (Å²) < 4.78 is 6.09. The molecular weight excluding hydrogens is 360 g/mol. The third-order valence-electron chi connectivity index (χ3n) is 5.86. The van der Waals surface area contributed by atoms with Crippen molar-refractivity contribution in [3.05, 3.63) is 53.9 Å². The first-order valence-electron chi connectivity index (χ1n) is 10.9. The van der Waals surface area contributed by atoms with Gasteiger partial charge >= 0.3 is 0 Å². The molecule has 0 radical (unpaired) electrons. The van der Waals surface area contributed by atoms with Crippen LogP contribution < -0.4 is 0 Å². The summed E-state index contributed by atoms with van der Waals surface area (Å²) in [4.78, 5) is 19.5. The van der Waals surface area contributed by atoms with Gasteiger partial charge in [-0.1, -0.05) is 62.1 Å². The van der Waals surface area contributed by atoms with Crippen LogP contribution in [0.5, 0.6) is 0 Å². The summed E-state index contributed by atoms with van der Waals surface area (Å²) >= 11 is 0. The Balaban J connectivity index is 1.53. The fourth-order valence-corrected chi connectivity index (χ4v) is 4.26. The molecule has 4 nitrogen and oxygen atoms in total. The molecule has 29 heavy (non-hydrogen) atoms. The lowest BCUT2D eigenvalue weighted by Crippen LogP contribution is -2.30. The molecule has 1 fully saturated rings. The molecule has 152 valence electrons. The molecule has 1 atom stereocenters. The van der Waals surface area contributed by atoms with E-state index in [0.29, 0.717) is 12.3 Å². The largest absolute Gasteiger partial charge is 0.438 e. The van der Waals surface area contributed by atoms with Crippen LogP contribution in [-0.2, 0) is 4.79 Å². The molecule has 3 aromatic rings. The summed E-state index contributed by atoms with van der Waals surface area (Å²) in [6.07, 6.45) is 7.07. The minimum absolute atomic E-state index is 0.0245. The summed E-state index contributed by atoms with van der Waals surface area (Å²) in [6.45, 7) is 5.10. The fraction of sp³-hybridized carbons (Fsp3) is 0.440. The van der Waals surface area contributed by atoms with Gasteiger partial charge in [-0.05, 0) is 49.4 Å². The summed E-state index contributed by atoms with van der Waals surface area (Å²) in [5.41, 5.74) is 5.21. The SMILES string of the molecule is CCCCCCC(=O)N1CCCC1c1nc2cc(-c3cccc(C)c3)ccc2o1. The average Bonchev–Trinajstić information content (AvgIpc) is 3.37. The van der Waals surface area contributed by atoms with Gasteiger partial charge in [-0.15, -0.1) is 0 Å². The number of fused-ring (bicyclic) bond motifs is 1. The van der Waals surface area contributed by atoms with Crippen LogP contribution in [0.3, 0.4) is 0 Å². The normalized spacial score (nSPS) is 16.6. The Hall–Kier alpha value is -2.62. The van der Waals surface area contributed by atoms with Gasteiger partial charge in [0.05, 0.1) is 0 Å². The van der Waals surface area contributed by atoms with Crippen LogP contribution in [0.25, 0.3) is 22.2 Å². The van der Waals surface area contributed by atoms with Crippen molar-refractivity contribution < 1.29 is 9.21 Å². The maximum Gasteiger partial charge on any atom is 0.223 e. The number of hydrogen-bond donors (Lipinski definition) is 0. The van der Waals surface area contributed by atoms with E-state index in [9.17, 15) is 4.79 Å². The van der Waals surface area contributed by atoms with E-state index in [4.69, 9.17) is 9.40 Å². The molecule has 1 aromatic heterocycles. The van der Waals surface area contributed by atoms with Gasteiger partial charge in [0.2, 0.25) is 11.8 Å². The number of likely N-dealkylation sites (tertiary alicyclic amines) is 1. The van der Waals surface area contributed by atoms with E-state index in [1.807, 2.05) is 11.0 Å². The van der Waals surface area contributed by atoms with Crippen LogP contribution in [0.4, 0.5) is 0 Å². The minimum Gasteiger partial charge on any atom is -0.438 e. The number of rotatable bonds is 7. The lowest BCUT2D eigenvalue weighted by molar-refractivity contribution is -0.132. The van der Waals surface area contributed by atoms with Crippen molar-refractivity contribution >= 4 is 17.0 Å². The molecule has 4 heteroatoms. The van der Waals surface area contributed by atoms with E-state index >= 15 is 0 Å². The van der Waals surface area contributed by atoms with Crippen molar-refractivity contribution in [2.75, 3.05) is 6.54 Å². The molecule has 1 unspecified atom stereocenters. The van der Waals surface area contributed by atoms with Gasteiger partial charge in [0.1, 0.15) is 11.6 Å². The molecule has 0 spiro atoms. The van der Waals surface area contributed by atoms with Crippen LogP contribution in [-0.4, -0.2) is 22.3 Å². The number of aromatic nitrogens is 1. The maximum absolute atomic E-state index is 12.7. The molecule has 1 aliphatic heterocycles. The first-order chi connectivity index (χ1) is 14.2. The smallest absolute Gasteiger partial charge is 0.223 e. The Morgan fingerprint density at radius 1 is 1.14 bits per heavy atom. The van der Waals surface area contributed by atoms with Crippen molar-refractivity contribution in [2.45, 2.75) is 64.8 Å². The number of nitrogens with zero attached hydrogens (tertiary/aromatic N) is 2. The van der Waals surface area contributed by atoms with E-state index in [-0.39, 0.29) is 11.9 Å². The maximum atomic E-state index is 12.7. The molecule has 0 aliphatic carbocycles. The van der Waals surface area contributed by atoms with Gasteiger partial charge in [-0.3, -0.25) is 4.79 Å². The summed E-state index contributed by atoms with van der Waals surface area (Å²) in [5, 5.41) is 0. The Morgan fingerprint density at radius 2 is 2.00 bits per heavy atom. The number of amides is 1. The third-order valence-corrected chi connectivity index (χ3v) is 5.86. The van der Waals surface area contributed by atoms with Gasteiger partial charge in [-0.25, -0.2) is 4.98 Å². The average molecular weight is 391 g/mol. The Morgan fingerprint density at radius 3 is 2.83 bits per heavy atom. The quantitative estimate of drug-likeness (QED) is 0.436. The fourth-order valence-electron chi connectivity index (χ4n) is 4.26. The zero-order valence-electron chi connectivity index (χ0n) is 17.5. The lowest BCUT2D eigenvalue weighted by atomic mass is 10.0. The molecule has 0 N–H and O–H groups in total. The summed E-state index contributed by atoms with van der Waals surface area (Å²) in [6, 6.07) is 14.6. The van der Waals surface area contributed by atoms with Crippen LogP contribution >= 0.6 is 0 Å². The second kappa shape index (κ2) is 8.81.